The minimum atomic E-state index is -1.01. The molecule has 0 aromatic heterocycles. The third-order valence-electron chi connectivity index (χ3n) is 5.24. The van der Waals surface area contributed by atoms with Gasteiger partial charge in [-0.1, -0.05) is 31.5 Å². The van der Waals surface area contributed by atoms with E-state index in [2.05, 4.69) is 33.2 Å². The summed E-state index contributed by atoms with van der Waals surface area (Å²) in [7, 11) is 0. The van der Waals surface area contributed by atoms with Crippen molar-refractivity contribution >= 4 is 57.7 Å². The van der Waals surface area contributed by atoms with Crippen LogP contribution in [-0.2, 0) is 9.59 Å². The normalized spacial score (nSPS) is 18.5. The van der Waals surface area contributed by atoms with Gasteiger partial charge in [0, 0.05) is 3.57 Å². The van der Waals surface area contributed by atoms with Crippen LogP contribution in [0.25, 0.3) is 0 Å². The quantitative estimate of drug-likeness (QED) is 0.420. The summed E-state index contributed by atoms with van der Waals surface area (Å²) in [6, 6.07) is 7.73. The van der Waals surface area contributed by atoms with Gasteiger partial charge < -0.3 is 20.1 Å². The van der Waals surface area contributed by atoms with E-state index in [4.69, 9.17) is 21.1 Å². The van der Waals surface area contributed by atoms with E-state index in [0.29, 0.717) is 41.0 Å². The number of halogens is 2. The van der Waals surface area contributed by atoms with E-state index < -0.39 is 29.9 Å². The Bertz CT molecular complexity index is 1090. The molecule has 2 aliphatic heterocycles. The molecule has 2 unspecified atom stereocenters. The maximum Gasteiger partial charge on any atom is 0.325 e. The van der Waals surface area contributed by atoms with E-state index in [1.54, 1.807) is 50.2 Å². The van der Waals surface area contributed by atoms with Gasteiger partial charge in [0.15, 0.2) is 11.5 Å². The summed E-state index contributed by atoms with van der Waals surface area (Å²) >= 11 is 8.35. The number of carbonyl (C=O) groups excluding carboxylic acids is 3. The number of carbonyl (C=O) groups is 3. The van der Waals surface area contributed by atoms with Crippen LogP contribution in [-0.4, -0.2) is 42.0 Å². The Kier molecular flexibility index (Phi) is 6.47. The van der Waals surface area contributed by atoms with E-state index in [1.165, 1.54) is 0 Å². The first-order valence-electron chi connectivity index (χ1n) is 10.1. The largest absolute Gasteiger partial charge is 0.486 e. The summed E-state index contributed by atoms with van der Waals surface area (Å²) in [6.07, 6.45) is 0. The van der Waals surface area contributed by atoms with Gasteiger partial charge in [0.1, 0.15) is 25.3 Å². The molecule has 2 heterocycles. The zero-order chi connectivity index (χ0) is 23.0. The summed E-state index contributed by atoms with van der Waals surface area (Å²) in [5.41, 5.74) is 0.969. The lowest BCUT2D eigenvalue weighted by Crippen LogP contribution is -2.50. The molecule has 32 heavy (non-hydrogen) atoms. The lowest BCUT2D eigenvalue weighted by Gasteiger charge is -2.28. The monoisotopic (exact) mass is 569 g/mol. The molecule has 2 atom stereocenters. The summed E-state index contributed by atoms with van der Waals surface area (Å²) in [5.74, 6) is -0.224. The number of hydrogen-bond donors (Lipinski definition) is 2. The fourth-order valence-electron chi connectivity index (χ4n) is 3.74. The Morgan fingerprint density at radius 2 is 1.88 bits per heavy atom. The molecular formula is C22H21ClIN3O5. The number of nitrogens with zero attached hydrogens (tertiary/aromatic N) is 1. The van der Waals surface area contributed by atoms with Crippen molar-refractivity contribution in [2.75, 3.05) is 18.5 Å². The molecule has 2 aliphatic rings. The molecule has 10 heteroatoms. The zero-order valence-corrected chi connectivity index (χ0v) is 20.3. The number of nitrogens with one attached hydrogen (secondary N) is 2. The van der Waals surface area contributed by atoms with Crippen molar-refractivity contribution < 1.29 is 23.9 Å². The van der Waals surface area contributed by atoms with E-state index in [-0.39, 0.29) is 5.92 Å². The van der Waals surface area contributed by atoms with Crippen LogP contribution in [0.4, 0.5) is 10.5 Å². The highest BCUT2D eigenvalue weighted by Gasteiger charge is 2.46. The zero-order valence-electron chi connectivity index (χ0n) is 17.4. The Hall–Kier alpha value is -2.53. The molecule has 1 fully saturated rings. The number of imide groups is 1. The summed E-state index contributed by atoms with van der Waals surface area (Å²) in [4.78, 5) is 40.2. The molecule has 0 aliphatic carbocycles. The first-order chi connectivity index (χ1) is 15.3. The van der Waals surface area contributed by atoms with Crippen LogP contribution in [0.3, 0.4) is 0 Å². The number of urea groups is 1. The number of fused-ring (bicyclic) bond motifs is 1. The smallest absolute Gasteiger partial charge is 0.325 e. The number of rotatable bonds is 5. The molecule has 4 rings (SSSR count). The van der Waals surface area contributed by atoms with Crippen LogP contribution in [0, 0.1) is 9.49 Å². The summed E-state index contributed by atoms with van der Waals surface area (Å²) < 4.78 is 12.0. The number of ether oxygens (including phenoxy) is 2. The van der Waals surface area contributed by atoms with Crippen LogP contribution in [0.15, 0.2) is 36.4 Å². The van der Waals surface area contributed by atoms with Crippen LogP contribution in [0.5, 0.6) is 11.5 Å². The number of hydrogen-bond acceptors (Lipinski definition) is 5. The molecule has 2 aromatic carbocycles. The van der Waals surface area contributed by atoms with Gasteiger partial charge in [-0.05, 0) is 64.4 Å². The Morgan fingerprint density at radius 3 is 2.56 bits per heavy atom. The third-order valence-corrected chi connectivity index (χ3v) is 6.22. The predicted octanol–water partition coefficient (Wildman–Crippen LogP) is 3.97. The lowest BCUT2D eigenvalue weighted by molar-refractivity contribution is -0.135. The van der Waals surface area contributed by atoms with Gasteiger partial charge >= 0.3 is 6.03 Å². The van der Waals surface area contributed by atoms with Gasteiger partial charge in [-0.3, -0.25) is 9.59 Å². The topological polar surface area (TPSA) is 97.0 Å². The molecule has 8 nitrogen and oxygen atoms in total. The van der Waals surface area contributed by atoms with Gasteiger partial charge in [0.2, 0.25) is 5.91 Å². The minimum Gasteiger partial charge on any atom is -0.486 e. The van der Waals surface area contributed by atoms with Crippen molar-refractivity contribution in [3.63, 3.8) is 0 Å². The van der Waals surface area contributed by atoms with Crippen molar-refractivity contribution in [1.29, 1.82) is 0 Å². The Labute approximate surface area is 203 Å². The minimum absolute atomic E-state index is 0.327. The highest BCUT2D eigenvalue weighted by Crippen LogP contribution is 2.35. The van der Waals surface area contributed by atoms with E-state index in [1.807, 2.05) is 0 Å². The van der Waals surface area contributed by atoms with Gasteiger partial charge in [0.25, 0.3) is 5.91 Å². The average Bonchev–Trinajstić information content (AvgIpc) is 3.04. The van der Waals surface area contributed by atoms with Crippen molar-refractivity contribution in [3.8, 4) is 11.5 Å². The average molecular weight is 570 g/mol. The highest BCUT2D eigenvalue weighted by atomic mass is 127. The first kappa shape index (κ1) is 22.7. The molecule has 2 N–H and O–H groups in total. The van der Waals surface area contributed by atoms with Gasteiger partial charge in [-0.2, -0.15) is 0 Å². The van der Waals surface area contributed by atoms with Crippen LogP contribution < -0.4 is 20.1 Å². The van der Waals surface area contributed by atoms with Crippen LogP contribution in [0.1, 0.15) is 25.5 Å². The van der Waals surface area contributed by atoms with Crippen molar-refractivity contribution in [1.82, 2.24) is 10.2 Å². The van der Waals surface area contributed by atoms with E-state index in [0.717, 1.165) is 8.47 Å². The van der Waals surface area contributed by atoms with Gasteiger partial charge in [-0.15, -0.1) is 0 Å². The third kappa shape index (κ3) is 4.36. The molecule has 1 saturated heterocycles. The second-order valence-corrected chi connectivity index (χ2v) is 9.45. The van der Waals surface area contributed by atoms with Crippen molar-refractivity contribution in [3.05, 3.63) is 50.6 Å². The van der Waals surface area contributed by atoms with E-state index in [9.17, 15) is 14.4 Å². The molecule has 0 bridgehead atoms. The molecule has 2 aromatic rings. The maximum atomic E-state index is 13.3. The fraction of sp³-hybridized carbons (Fsp3) is 0.318. The molecule has 0 spiro atoms. The maximum absolute atomic E-state index is 13.3. The molecule has 0 saturated carbocycles. The number of benzene rings is 2. The molecule has 4 amide bonds. The standard InChI is InChI=1S/C22H21ClIN3O5/c1-11(2)19(20(28)25-15-5-4-13(24)10-14(15)23)27-21(29)18(26-22(27)30)12-3-6-16-17(9-12)32-8-7-31-16/h3-6,9-11,18-19H,7-8H2,1-2H3,(H,25,28)(H,26,30). The lowest BCUT2D eigenvalue weighted by atomic mass is 10.00. The molecular weight excluding hydrogens is 549 g/mol. The van der Waals surface area contributed by atoms with Crippen LogP contribution >= 0.6 is 34.2 Å². The van der Waals surface area contributed by atoms with E-state index >= 15 is 0 Å². The second kappa shape index (κ2) is 9.14. The highest BCUT2D eigenvalue weighted by molar-refractivity contribution is 14.1. The SMILES string of the molecule is CC(C)C(C(=O)Nc1ccc(I)cc1Cl)N1C(=O)NC(c2ccc3c(c2)OCCO3)C1=O. The number of amides is 4. The summed E-state index contributed by atoms with van der Waals surface area (Å²) in [6.45, 7) is 4.41. The van der Waals surface area contributed by atoms with Crippen LogP contribution in [0.2, 0.25) is 5.02 Å². The fourth-order valence-corrected chi connectivity index (χ4v) is 4.64. The summed E-state index contributed by atoms with van der Waals surface area (Å²) in [5, 5.41) is 5.81. The van der Waals surface area contributed by atoms with Gasteiger partial charge in [0.05, 0.1) is 10.7 Å². The van der Waals surface area contributed by atoms with Crippen molar-refractivity contribution in [2.45, 2.75) is 25.9 Å². The van der Waals surface area contributed by atoms with Crippen molar-refractivity contribution in [2.24, 2.45) is 5.92 Å². The predicted molar refractivity (Wildman–Crippen MR) is 127 cm³/mol. The molecule has 0 radical (unpaired) electrons. The Balaban J connectivity index is 1.58. The Morgan fingerprint density at radius 1 is 1.16 bits per heavy atom. The number of anilines is 1. The van der Waals surface area contributed by atoms with Gasteiger partial charge in [-0.25, -0.2) is 9.69 Å². The molecule has 168 valence electrons. The first-order valence-corrected chi connectivity index (χ1v) is 11.5. The second-order valence-electron chi connectivity index (χ2n) is 7.80.